The Morgan fingerprint density at radius 1 is 1.04 bits per heavy atom. The van der Waals surface area contributed by atoms with Crippen LogP contribution >= 0.6 is 11.8 Å². The van der Waals surface area contributed by atoms with Gasteiger partial charge in [0, 0.05) is 31.1 Å². The molecule has 0 aromatic heterocycles. The van der Waals surface area contributed by atoms with Crippen molar-refractivity contribution in [2.24, 2.45) is 0 Å². The summed E-state index contributed by atoms with van der Waals surface area (Å²) in [6, 6.07) is 18.2. The Kier molecular flexibility index (Phi) is 6.58. The second kappa shape index (κ2) is 9.10. The standard InChI is InChI=1S/C21H27N3OS/c1-3-23-13-15-24(16-14-23)20-12-8-7-11-19(20)22-21(25)17(2)26-18-9-5-4-6-10-18/h4-12,17H,3,13-16H2,1-2H3,(H,22,25). The lowest BCUT2D eigenvalue weighted by Crippen LogP contribution is -2.46. The van der Waals surface area contributed by atoms with E-state index in [2.05, 4.69) is 28.1 Å². The zero-order valence-electron chi connectivity index (χ0n) is 15.5. The summed E-state index contributed by atoms with van der Waals surface area (Å²) >= 11 is 1.58. The van der Waals surface area contributed by atoms with Crippen LogP contribution in [-0.4, -0.2) is 48.8 Å². The van der Waals surface area contributed by atoms with E-state index in [4.69, 9.17) is 0 Å². The molecular formula is C21H27N3OS. The number of amides is 1. The Labute approximate surface area is 160 Å². The summed E-state index contributed by atoms with van der Waals surface area (Å²) in [5, 5.41) is 2.99. The van der Waals surface area contributed by atoms with Gasteiger partial charge in [-0.3, -0.25) is 4.79 Å². The molecule has 2 aromatic carbocycles. The molecule has 138 valence electrons. The maximum Gasteiger partial charge on any atom is 0.237 e. The number of nitrogens with zero attached hydrogens (tertiary/aromatic N) is 2. The van der Waals surface area contributed by atoms with Crippen LogP contribution in [0.15, 0.2) is 59.5 Å². The number of para-hydroxylation sites is 2. The zero-order chi connectivity index (χ0) is 18.4. The van der Waals surface area contributed by atoms with Gasteiger partial charge >= 0.3 is 0 Å². The molecule has 0 spiro atoms. The van der Waals surface area contributed by atoms with Gasteiger partial charge in [0.05, 0.1) is 16.6 Å². The second-order valence-corrected chi connectivity index (χ2v) is 7.92. The minimum atomic E-state index is -0.151. The van der Waals surface area contributed by atoms with Crippen molar-refractivity contribution in [2.45, 2.75) is 24.0 Å². The molecule has 0 bridgehead atoms. The number of thioether (sulfide) groups is 1. The zero-order valence-corrected chi connectivity index (χ0v) is 16.3. The molecule has 1 fully saturated rings. The van der Waals surface area contributed by atoms with Gasteiger partial charge in [0.15, 0.2) is 0 Å². The summed E-state index contributed by atoms with van der Waals surface area (Å²) in [5.74, 6) is 0.0403. The molecule has 1 amide bonds. The van der Waals surface area contributed by atoms with Gasteiger partial charge in [0.25, 0.3) is 0 Å². The Morgan fingerprint density at radius 2 is 1.69 bits per heavy atom. The first kappa shape index (κ1) is 18.8. The van der Waals surface area contributed by atoms with Gasteiger partial charge in [0.2, 0.25) is 5.91 Å². The monoisotopic (exact) mass is 369 g/mol. The lowest BCUT2D eigenvalue weighted by molar-refractivity contribution is -0.115. The topological polar surface area (TPSA) is 35.6 Å². The molecule has 1 atom stereocenters. The first-order valence-electron chi connectivity index (χ1n) is 9.26. The highest BCUT2D eigenvalue weighted by molar-refractivity contribution is 8.00. The fourth-order valence-electron chi connectivity index (χ4n) is 3.15. The number of likely N-dealkylation sites (N-methyl/N-ethyl adjacent to an activating group) is 1. The number of hydrogen-bond donors (Lipinski definition) is 1. The van der Waals surface area contributed by atoms with Crippen molar-refractivity contribution >= 4 is 29.0 Å². The van der Waals surface area contributed by atoms with Crippen molar-refractivity contribution in [3.05, 3.63) is 54.6 Å². The molecular weight excluding hydrogens is 342 g/mol. The number of anilines is 2. The number of piperazine rings is 1. The number of benzene rings is 2. The normalized spacial score (nSPS) is 16.3. The largest absolute Gasteiger partial charge is 0.367 e. The van der Waals surface area contributed by atoms with Gasteiger partial charge in [0.1, 0.15) is 0 Å². The lowest BCUT2D eigenvalue weighted by atomic mass is 10.2. The summed E-state index contributed by atoms with van der Waals surface area (Å²) in [5.41, 5.74) is 2.02. The van der Waals surface area contributed by atoms with Crippen LogP contribution in [0.1, 0.15) is 13.8 Å². The molecule has 5 heteroatoms. The molecule has 0 radical (unpaired) electrons. The van der Waals surface area contributed by atoms with Gasteiger partial charge in [-0.1, -0.05) is 37.3 Å². The van der Waals surface area contributed by atoms with Crippen LogP contribution in [0, 0.1) is 0 Å². The third-order valence-electron chi connectivity index (χ3n) is 4.75. The maximum absolute atomic E-state index is 12.7. The molecule has 1 saturated heterocycles. The van der Waals surface area contributed by atoms with E-state index in [0.717, 1.165) is 49.0 Å². The van der Waals surface area contributed by atoms with E-state index < -0.39 is 0 Å². The first-order valence-corrected chi connectivity index (χ1v) is 10.1. The second-order valence-electron chi connectivity index (χ2n) is 6.50. The van der Waals surface area contributed by atoms with E-state index in [0.29, 0.717) is 0 Å². The smallest absolute Gasteiger partial charge is 0.237 e. The number of carbonyl (C=O) groups is 1. The van der Waals surface area contributed by atoms with Gasteiger partial charge in [-0.15, -0.1) is 11.8 Å². The highest BCUT2D eigenvalue weighted by atomic mass is 32.2. The fourth-order valence-corrected chi connectivity index (χ4v) is 4.04. The van der Waals surface area contributed by atoms with E-state index in [-0.39, 0.29) is 11.2 Å². The molecule has 1 aliphatic heterocycles. The quantitative estimate of drug-likeness (QED) is 0.782. The van der Waals surface area contributed by atoms with E-state index in [1.807, 2.05) is 55.5 Å². The summed E-state index contributed by atoms with van der Waals surface area (Å²) in [6.07, 6.45) is 0. The predicted octanol–water partition coefficient (Wildman–Crippen LogP) is 3.95. The highest BCUT2D eigenvalue weighted by Gasteiger charge is 2.20. The van der Waals surface area contributed by atoms with E-state index >= 15 is 0 Å². The number of rotatable bonds is 6. The van der Waals surface area contributed by atoms with Crippen molar-refractivity contribution in [3.63, 3.8) is 0 Å². The SMILES string of the molecule is CCN1CCN(c2ccccc2NC(=O)C(C)Sc2ccccc2)CC1. The van der Waals surface area contributed by atoms with Crippen LogP contribution in [0.25, 0.3) is 0 Å². The minimum absolute atomic E-state index is 0.0403. The van der Waals surface area contributed by atoms with Crippen LogP contribution < -0.4 is 10.2 Å². The Hall–Kier alpha value is -1.98. The maximum atomic E-state index is 12.7. The van der Waals surface area contributed by atoms with E-state index in [1.165, 1.54) is 0 Å². The molecule has 26 heavy (non-hydrogen) atoms. The minimum Gasteiger partial charge on any atom is -0.367 e. The van der Waals surface area contributed by atoms with Crippen LogP contribution in [0.3, 0.4) is 0 Å². The lowest BCUT2D eigenvalue weighted by Gasteiger charge is -2.36. The average molecular weight is 370 g/mol. The summed E-state index contributed by atoms with van der Waals surface area (Å²) < 4.78 is 0. The summed E-state index contributed by atoms with van der Waals surface area (Å²) in [7, 11) is 0. The first-order chi connectivity index (χ1) is 12.7. The average Bonchev–Trinajstić information content (AvgIpc) is 2.69. The molecule has 1 heterocycles. The Morgan fingerprint density at radius 3 is 2.38 bits per heavy atom. The molecule has 3 rings (SSSR count). The summed E-state index contributed by atoms with van der Waals surface area (Å²) in [6.45, 7) is 9.38. The van der Waals surface area contributed by atoms with Crippen LogP contribution in [0.2, 0.25) is 0 Å². The fraction of sp³-hybridized carbons (Fsp3) is 0.381. The number of carbonyl (C=O) groups excluding carboxylic acids is 1. The Balaban J connectivity index is 1.65. The van der Waals surface area contributed by atoms with Gasteiger partial charge in [-0.05, 0) is 37.7 Å². The van der Waals surface area contributed by atoms with Gasteiger partial charge < -0.3 is 15.1 Å². The number of nitrogens with one attached hydrogen (secondary N) is 1. The van der Waals surface area contributed by atoms with Crippen LogP contribution in [-0.2, 0) is 4.79 Å². The number of hydrogen-bond acceptors (Lipinski definition) is 4. The van der Waals surface area contributed by atoms with E-state index in [1.54, 1.807) is 11.8 Å². The van der Waals surface area contributed by atoms with Crippen molar-refractivity contribution in [2.75, 3.05) is 42.9 Å². The molecule has 4 nitrogen and oxygen atoms in total. The van der Waals surface area contributed by atoms with Crippen LogP contribution in [0.5, 0.6) is 0 Å². The van der Waals surface area contributed by atoms with Gasteiger partial charge in [-0.2, -0.15) is 0 Å². The molecule has 0 saturated carbocycles. The Bertz CT molecular complexity index is 714. The molecule has 1 aliphatic rings. The van der Waals surface area contributed by atoms with Crippen LogP contribution in [0.4, 0.5) is 11.4 Å². The summed E-state index contributed by atoms with van der Waals surface area (Å²) in [4.78, 5) is 18.6. The third kappa shape index (κ3) is 4.80. The predicted molar refractivity (Wildman–Crippen MR) is 111 cm³/mol. The molecule has 1 unspecified atom stereocenters. The van der Waals surface area contributed by atoms with Crippen molar-refractivity contribution in [3.8, 4) is 0 Å². The highest BCUT2D eigenvalue weighted by Crippen LogP contribution is 2.29. The van der Waals surface area contributed by atoms with Crippen molar-refractivity contribution in [1.29, 1.82) is 0 Å². The van der Waals surface area contributed by atoms with Gasteiger partial charge in [-0.25, -0.2) is 0 Å². The molecule has 2 aromatic rings. The van der Waals surface area contributed by atoms with E-state index in [9.17, 15) is 4.79 Å². The molecule has 0 aliphatic carbocycles. The van der Waals surface area contributed by atoms with Crippen molar-refractivity contribution in [1.82, 2.24) is 4.90 Å². The molecule has 1 N–H and O–H groups in total. The third-order valence-corrected chi connectivity index (χ3v) is 5.86. The van der Waals surface area contributed by atoms with Crippen molar-refractivity contribution < 1.29 is 4.79 Å².